The second kappa shape index (κ2) is 9.85. The largest absolute Gasteiger partial charge is 0.373 e. The standard InChI is InChI=1S/C25H14ClF2N9/c26-19-6-16(34-23(21-12-33-37-36-21)14-3-1-2-13(4-14)8-29)5-18-22(15(9-30)10-31-24(18)19)35-17-7-20(27)25(28)32-11-17/h1-7,10-12,23,34H,(H,31,35)(H,33,36,37)/t23-/m1/s1/i23D. The van der Waals surface area contributed by atoms with Crippen LogP contribution in [0.1, 0.15) is 29.8 Å². The molecule has 0 fully saturated rings. The third-order valence-corrected chi connectivity index (χ3v) is 5.62. The number of aromatic amines is 1. The van der Waals surface area contributed by atoms with Crippen LogP contribution in [0, 0.1) is 34.4 Å². The fourth-order valence-electron chi connectivity index (χ4n) is 3.68. The Labute approximate surface area is 214 Å². The first-order valence-corrected chi connectivity index (χ1v) is 11.0. The van der Waals surface area contributed by atoms with E-state index in [4.69, 9.17) is 11.6 Å². The average Bonchev–Trinajstić information content (AvgIpc) is 3.47. The second-order valence-electron chi connectivity index (χ2n) is 7.68. The van der Waals surface area contributed by atoms with Crippen LogP contribution in [-0.2, 0) is 0 Å². The van der Waals surface area contributed by atoms with Crippen LogP contribution in [0.2, 0.25) is 5.02 Å². The zero-order valence-electron chi connectivity index (χ0n) is 19.6. The van der Waals surface area contributed by atoms with Gasteiger partial charge in [-0.1, -0.05) is 23.7 Å². The summed E-state index contributed by atoms with van der Waals surface area (Å²) in [4.78, 5) is 7.64. The normalized spacial score (nSPS) is 12.7. The number of aromatic nitrogens is 5. The van der Waals surface area contributed by atoms with Crippen molar-refractivity contribution in [3.63, 3.8) is 0 Å². The lowest BCUT2D eigenvalue weighted by Crippen LogP contribution is -2.13. The van der Waals surface area contributed by atoms with Gasteiger partial charge in [0.15, 0.2) is 5.82 Å². The average molecular weight is 515 g/mol. The first-order valence-electron chi connectivity index (χ1n) is 11.1. The summed E-state index contributed by atoms with van der Waals surface area (Å²) in [6, 6.07) is 12.9. The highest BCUT2D eigenvalue weighted by atomic mass is 35.5. The first-order chi connectivity index (χ1) is 18.3. The van der Waals surface area contributed by atoms with Crippen LogP contribution in [-0.4, -0.2) is 25.4 Å². The number of benzene rings is 2. The molecule has 0 saturated carbocycles. The molecule has 0 amide bonds. The van der Waals surface area contributed by atoms with E-state index in [1.54, 1.807) is 36.4 Å². The number of pyridine rings is 2. The molecular formula is C25H14ClF2N9. The van der Waals surface area contributed by atoms with E-state index in [1.165, 1.54) is 12.4 Å². The van der Waals surface area contributed by atoms with E-state index < -0.39 is 17.8 Å². The van der Waals surface area contributed by atoms with Crippen LogP contribution in [0.4, 0.5) is 25.8 Å². The highest BCUT2D eigenvalue weighted by molar-refractivity contribution is 6.36. The molecule has 9 nitrogen and oxygen atoms in total. The summed E-state index contributed by atoms with van der Waals surface area (Å²) in [5.74, 6) is -2.43. The summed E-state index contributed by atoms with van der Waals surface area (Å²) in [7, 11) is 0. The van der Waals surface area contributed by atoms with Crippen LogP contribution in [0.25, 0.3) is 10.9 Å². The Morgan fingerprint density at radius 3 is 2.62 bits per heavy atom. The Balaban J connectivity index is 1.66. The first kappa shape index (κ1) is 22.3. The van der Waals surface area contributed by atoms with Crippen molar-refractivity contribution in [1.29, 1.82) is 10.5 Å². The molecule has 37 heavy (non-hydrogen) atoms. The van der Waals surface area contributed by atoms with Crippen LogP contribution < -0.4 is 10.6 Å². The van der Waals surface area contributed by atoms with Gasteiger partial charge in [-0.15, -0.1) is 0 Å². The van der Waals surface area contributed by atoms with Gasteiger partial charge in [-0.05, 0) is 29.8 Å². The molecule has 0 radical (unpaired) electrons. The van der Waals surface area contributed by atoms with Gasteiger partial charge in [0.1, 0.15) is 11.8 Å². The Hall–Kier alpha value is -5.13. The summed E-state index contributed by atoms with van der Waals surface area (Å²) in [5.41, 5.74) is 2.02. The third-order valence-electron chi connectivity index (χ3n) is 5.33. The number of rotatable bonds is 6. The number of nitrogens with zero attached hydrogens (tertiary/aromatic N) is 6. The zero-order chi connectivity index (χ0) is 26.9. The van der Waals surface area contributed by atoms with E-state index in [-0.39, 0.29) is 27.7 Å². The molecule has 2 aromatic carbocycles. The minimum Gasteiger partial charge on any atom is -0.373 e. The molecule has 0 bridgehead atoms. The molecular weight excluding hydrogens is 500 g/mol. The number of nitriles is 2. The minimum atomic E-state index is -1.71. The molecule has 0 aliphatic heterocycles. The van der Waals surface area contributed by atoms with Gasteiger partial charge in [-0.25, -0.2) is 9.37 Å². The lowest BCUT2D eigenvalue weighted by Gasteiger charge is -2.20. The lowest BCUT2D eigenvalue weighted by molar-refractivity contribution is 0.480. The van der Waals surface area contributed by atoms with E-state index in [1.807, 2.05) is 6.07 Å². The molecule has 5 aromatic rings. The van der Waals surface area contributed by atoms with Crippen molar-refractivity contribution in [2.45, 2.75) is 6.02 Å². The van der Waals surface area contributed by atoms with Crippen molar-refractivity contribution < 1.29 is 10.2 Å². The van der Waals surface area contributed by atoms with Gasteiger partial charge >= 0.3 is 0 Å². The fraction of sp³-hybridized carbons (Fsp3) is 0.0400. The van der Waals surface area contributed by atoms with Crippen LogP contribution in [0.5, 0.6) is 0 Å². The molecule has 3 N–H and O–H groups in total. The Morgan fingerprint density at radius 2 is 1.89 bits per heavy atom. The predicted octanol–water partition coefficient (Wildman–Crippen LogP) is 5.37. The number of halogens is 3. The maximum Gasteiger partial charge on any atom is 0.249 e. The number of H-pyrrole nitrogens is 1. The van der Waals surface area contributed by atoms with Crippen LogP contribution in [0.15, 0.2) is 61.1 Å². The maximum absolute atomic E-state index is 13.8. The summed E-state index contributed by atoms with van der Waals surface area (Å²) in [5, 5.41) is 36.0. The van der Waals surface area contributed by atoms with Crippen molar-refractivity contribution in [1.82, 2.24) is 25.4 Å². The molecule has 180 valence electrons. The van der Waals surface area contributed by atoms with Gasteiger partial charge in [0, 0.05) is 23.3 Å². The number of fused-ring (bicyclic) bond motifs is 1. The summed E-state index contributed by atoms with van der Waals surface area (Å²) in [6.45, 7) is 0. The highest BCUT2D eigenvalue weighted by Crippen LogP contribution is 2.36. The highest BCUT2D eigenvalue weighted by Gasteiger charge is 2.20. The third kappa shape index (κ3) is 4.72. The van der Waals surface area contributed by atoms with E-state index in [0.29, 0.717) is 27.7 Å². The summed E-state index contributed by atoms with van der Waals surface area (Å²) >= 11 is 6.55. The molecule has 0 saturated heterocycles. The number of hydrogen-bond donors (Lipinski definition) is 3. The van der Waals surface area contributed by atoms with E-state index >= 15 is 0 Å². The molecule has 0 aliphatic carbocycles. The van der Waals surface area contributed by atoms with Crippen LogP contribution >= 0.6 is 11.6 Å². The quantitative estimate of drug-likeness (QED) is 0.257. The van der Waals surface area contributed by atoms with Crippen molar-refractivity contribution in [2.75, 3.05) is 10.6 Å². The van der Waals surface area contributed by atoms with Gasteiger partial charge in [0.05, 0.1) is 58.9 Å². The van der Waals surface area contributed by atoms with Gasteiger partial charge < -0.3 is 10.6 Å². The summed E-state index contributed by atoms with van der Waals surface area (Å²) < 4.78 is 36.5. The lowest BCUT2D eigenvalue weighted by atomic mass is 10.0. The summed E-state index contributed by atoms with van der Waals surface area (Å²) in [6.07, 6.45) is 3.76. The number of hydrogen-bond acceptors (Lipinski definition) is 8. The molecule has 0 spiro atoms. The van der Waals surface area contributed by atoms with Gasteiger partial charge in [0.2, 0.25) is 5.95 Å². The molecule has 1 atom stereocenters. The van der Waals surface area contributed by atoms with Crippen LogP contribution in [0.3, 0.4) is 0 Å². The number of anilines is 3. The molecule has 0 unspecified atom stereocenters. The van der Waals surface area contributed by atoms with Gasteiger partial charge in [0.25, 0.3) is 0 Å². The number of nitrogens with one attached hydrogen (secondary N) is 3. The predicted molar refractivity (Wildman–Crippen MR) is 132 cm³/mol. The van der Waals surface area contributed by atoms with E-state index in [0.717, 1.165) is 12.3 Å². The molecule has 3 aromatic heterocycles. The molecule has 3 heterocycles. The topological polar surface area (TPSA) is 139 Å². The van der Waals surface area contributed by atoms with Crippen molar-refractivity contribution in [3.05, 3.63) is 100 Å². The molecule has 0 aliphatic rings. The monoisotopic (exact) mass is 514 g/mol. The smallest absolute Gasteiger partial charge is 0.249 e. The zero-order valence-corrected chi connectivity index (χ0v) is 19.3. The molecule has 5 rings (SSSR count). The SMILES string of the molecule is [2H][C@@](Nc1cc(Cl)c2ncc(C#N)c(Nc3cnc(F)c(F)c3)c2c1)(c1cccc(C#N)c1)c1cn[nH]n1. The Bertz CT molecular complexity index is 1770. The van der Waals surface area contributed by atoms with Crippen molar-refractivity contribution in [3.8, 4) is 12.1 Å². The van der Waals surface area contributed by atoms with E-state index in [9.17, 15) is 20.7 Å². The van der Waals surface area contributed by atoms with E-state index in [2.05, 4.69) is 42.1 Å². The van der Waals surface area contributed by atoms with Gasteiger partial charge in [-0.2, -0.15) is 30.3 Å². The van der Waals surface area contributed by atoms with Gasteiger partial charge in [-0.3, -0.25) is 4.98 Å². The second-order valence-corrected chi connectivity index (χ2v) is 8.09. The Kier molecular flexibility index (Phi) is 5.95. The molecule has 12 heteroatoms. The minimum absolute atomic E-state index is 0.0909. The fourth-order valence-corrected chi connectivity index (χ4v) is 3.95. The van der Waals surface area contributed by atoms with Crippen molar-refractivity contribution >= 4 is 39.6 Å². The van der Waals surface area contributed by atoms with Crippen molar-refractivity contribution in [2.24, 2.45) is 0 Å². The maximum atomic E-state index is 13.8. The Morgan fingerprint density at radius 1 is 1.03 bits per heavy atom.